The molecule has 1 nitrogen and oxygen atoms in total. The quantitative estimate of drug-likeness (QED) is 0.715. The number of hydrogen-bond acceptors (Lipinski definition) is 0. The van der Waals surface area contributed by atoms with E-state index in [0.717, 1.165) is 6.07 Å². The Hall–Kier alpha value is -1.78. The molecule has 0 atom stereocenters. The van der Waals surface area contributed by atoms with E-state index in [1.807, 2.05) is 0 Å². The van der Waals surface area contributed by atoms with Crippen molar-refractivity contribution in [2.75, 3.05) is 0 Å². The van der Waals surface area contributed by atoms with E-state index in [2.05, 4.69) is 4.98 Å². The lowest BCUT2D eigenvalue weighted by Crippen LogP contribution is -2.08. The first-order valence-electron chi connectivity index (χ1n) is 4.49. The van der Waals surface area contributed by atoms with E-state index in [1.54, 1.807) is 0 Å². The molecule has 1 N–H and O–H groups in total. The molecule has 0 aliphatic rings. The Kier molecular flexibility index (Phi) is 2.46. The van der Waals surface area contributed by atoms with Crippen LogP contribution in [0.25, 0.3) is 11.1 Å². The van der Waals surface area contributed by atoms with Gasteiger partial charge in [0.25, 0.3) is 0 Å². The minimum atomic E-state index is -4.67. The molecule has 5 heteroatoms. The molecule has 16 heavy (non-hydrogen) atoms. The molecule has 1 aromatic carbocycles. The first-order chi connectivity index (χ1) is 7.50. The number of halogens is 4. The Bertz CT molecular complexity index is 485. The van der Waals surface area contributed by atoms with Crippen molar-refractivity contribution in [3.8, 4) is 11.1 Å². The molecular formula is C11H7F4N. The largest absolute Gasteiger partial charge is 0.419 e. The van der Waals surface area contributed by atoms with Crippen molar-refractivity contribution in [1.29, 1.82) is 0 Å². The van der Waals surface area contributed by atoms with Gasteiger partial charge in [0.1, 0.15) is 5.82 Å². The molecule has 0 bridgehead atoms. The van der Waals surface area contributed by atoms with Gasteiger partial charge >= 0.3 is 6.18 Å². The summed E-state index contributed by atoms with van der Waals surface area (Å²) in [6.07, 6.45) is -1.70. The Labute approximate surface area is 88.7 Å². The molecule has 0 radical (unpaired) electrons. The van der Waals surface area contributed by atoms with Crippen LogP contribution in [0, 0.1) is 5.82 Å². The van der Waals surface area contributed by atoms with Gasteiger partial charge in [-0.2, -0.15) is 13.2 Å². The highest BCUT2D eigenvalue weighted by molar-refractivity contribution is 5.64. The average Bonchev–Trinajstić information content (AvgIpc) is 2.69. The zero-order valence-corrected chi connectivity index (χ0v) is 7.98. The van der Waals surface area contributed by atoms with Crippen LogP contribution >= 0.6 is 0 Å². The van der Waals surface area contributed by atoms with Crippen LogP contribution in [0.4, 0.5) is 17.6 Å². The molecule has 0 unspecified atom stereocenters. The minimum Gasteiger partial charge on any atom is -0.367 e. The number of rotatable bonds is 1. The van der Waals surface area contributed by atoms with Gasteiger partial charge in [0.15, 0.2) is 0 Å². The zero-order chi connectivity index (χ0) is 11.8. The summed E-state index contributed by atoms with van der Waals surface area (Å²) in [6.45, 7) is 0. The fourth-order valence-corrected chi connectivity index (χ4v) is 1.47. The SMILES string of the molecule is Fc1c(-c2cc[nH]c2)cccc1C(F)(F)F. The lowest BCUT2D eigenvalue weighted by atomic mass is 10.0. The molecule has 84 valence electrons. The van der Waals surface area contributed by atoms with Gasteiger partial charge in [-0.3, -0.25) is 0 Å². The molecule has 0 spiro atoms. The van der Waals surface area contributed by atoms with Crippen LogP contribution < -0.4 is 0 Å². The molecular weight excluding hydrogens is 222 g/mol. The molecule has 1 aromatic heterocycles. The molecule has 1 heterocycles. The Morgan fingerprint density at radius 2 is 1.81 bits per heavy atom. The van der Waals surface area contributed by atoms with E-state index >= 15 is 0 Å². The summed E-state index contributed by atoms with van der Waals surface area (Å²) in [6, 6.07) is 4.74. The van der Waals surface area contributed by atoms with Crippen LogP contribution in [0.1, 0.15) is 5.56 Å². The van der Waals surface area contributed by atoms with Gasteiger partial charge in [-0.05, 0) is 12.1 Å². The summed E-state index contributed by atoms with van der Waals surface area (Å²) in [5.74, 6) is -1.24. The number of alkyl halides is 3. The molecule has 0 aliphatic heterocycles. The fourth-order valence-electron chi connectivity index (χ4n) is 1.47. The van der Waals surface area contributed by atoms with Gasteiger partial charge in [0.05, 0.1) is 5.56 Å². The van der Waals surface area contributed by atoms with Crippen molar-refractivity contribution in [2.45, 2.75) is 6.18 Å². The molecule has 0 amide bonds. The number of benzene rings is 1. The topological polar surface area (TPSA) is 15.8 Å². The molecule has 2 aromatic rings. The molecule has 0 aliphatic carbocycles. The monoisotopic (exact) mass is 229 g/mol. The van der Waals surface area contributed by atoms with E-state index < -0.39 is 17.6 Å². The second-order valence-electron chi connectivity index (χ2n) is 3.26. The van der Waals surface area contributed by atoms with E-state index in [4.69, 9.17) is 0 Å². The van der Waals surface area contributed by atoms with Crippen molar-refractivity contribution in [3.05, 3.63) is 48.0 Å². The smallest absolute Gasteiger partial charge is 0.367 e. The Morgan fingerprint density at radius 1 is 1.06 bits per heavy atom. The van der Waals surface area contributed by atoms with Gasteiger partial charge in [-0.25, -0.2) is 4.39 Å². The Morgan fingerprint density at radius 3 is 2.38 bits per heavy atom. The van der Waals surface area contributed by atoms with Gasteiger partial charge < -0.3 is 4.98 Å². The normalized spacial score (nSPS) is 11.8. The number of aromatic amines is 1. The maximum absolute atomic E-state index is 13.6. The van der Waals surface area contributed by atoms with Crippen molar-refractivity contribution in [2.24, 2.45) is 0 Å². The van der Waals surface area contributed by atoms with Gasteiger partial charge in [0, 0.05) is 23.5 Å². The third kappa shape index (κ3) is 1.80. The van der Waals surface area contributed by atoms with Crippen molar-refractivity contribution >= 4 is 0 Å². The average molecular weight is 229 g/mol. The van der Waals surface area contributed by atoms with Crippen LogP contribution in [0.2, 0.25) is 0 Å². The first kappa shape index (κ1) is 10.7. The highest BCUT2D eigenvalue weighted by atomic mass is 19.4. The van der Waals surface area contributed by atoms with Crippen LogP contribution in [-0.2, 0) is 6.18 Å². The fraction of sp³-hybridized carbons (Fsp3) is 0.0909. The molecule has 2 rings (SSSR count). The predicted octanol–water partition coefficient (Wildman–Crippen LogP) is 3.84. The molecule has 0 saturated carbocycles. The minimum absolute atomic E-state index is 0.0592. The number of aromatic nitrogens is 1. The van der Waals surface area contributed by atoms with Crippen LogP contribution in [0.3, 0.4) is 0 Å². The summed E-state index contributed by atoms with van der Waals surface area (Å²) in [5, 5.41) is 0. The van der Waals surface area contributed by atoms with Crippen LogP contribution in [0.15, 0.2) is 36.7 Å². The number of hydrogen-bond donors (Lipinski definition) is 1. The number of nitrogens with one attached hydrogen (secondary N) is 1. The van der Waals surface area contributed by atoms with Crippen molar-refractivity contribution < 1.29 is 17.6 Å². The predicted molar refractivity (Wildman–Crippen MR) is 51.2 cm³/mol. The number of H-pyrrole nitrogens is 1. The van der Waals surface area contributed by atoms with Crippen LogP contribution in [0.5, 0.6) is 0 Å². The molecule has 0 fully saturated rings. The van der Waals surface area contributed by atoms with Gasteiger partial charge in [-0.15, -0.1) is 0 Å². The van der Waals surface area contributed by atoms with E-state index in [9.17, 15) is 17.6 Å². The summed E-state index contributed by atoms with van der Waals surface area (Å²) < 4.78 is 50.9. The highest BCUT2D eigenvalue weighted by Gasteiger charge is 2.34. The molecule has 0 saturated heterocycles. The van der Waals surface area contributed by atoms with E-state index in [1.165, 1.54) is 30.6 Å². The summed E-state index contributed by atoms with van der Waals surface area (Å²) >= 11 is 0. The highest BCUT2D eigenvalue weighted by Crippen LogP contribution is 2.35. The third-order valence-electron chi connectivity index (χ3n) is 2.21. The van der Waals surface area contributed by atoms with Crippen LogP contribution in [-0.4, -0.2) is 4.98 Å². The van der Waals surface area contributed by atoms with Crippen molar-refractivity contribution in [1.82, 2.24) is 4.98 Å². The zero-order valence-electron chi connectivity index (χ0n) is 7.98. The summed E-state index contributed by atoms with van der Waals surface area (Å²) in [4.78, 5) is 2.67. The second kappa shape index (κ2) is 3.66. The second-order valence-corrected chi connectivity index (χ2v) is 3.26. The Balaban J connectivity index is 2.58. The maximum atomic E-state index is 13.6. The van der Waals surface area contributed by atoms with E-state index in [0.29, 0.717) is 5.56 Å². The maximum Gasteiger partial charge on any atom is 0.419 e. The standard InChI is InChI=1S/C11H7F4N/c12-10-8(7-4-5-16-6-7)2-1-3-9(10)11(13,14)15/h1-6,16H. The summed E-state index contributed by atoms with van der Waals surface area (Å²) in [7, 11) is 0. The van der Waals surface area contributed by atoms with E-state index in [-0.39, 0.29) is 5.56 Å². The van der Waals surface area contributed by atoms with Gasteiger partial charge in [0.2, 0.25) is 0 Å². The lowest BCUT2D eigenvalue weighted by Gasteiger charge is -2.10. The first-order valence-corrected chi connectivity index (χ1v) is 4.49. The van der Waals surface area contributed by atoms with Gasteiger partial charge in [-0.1, -0.05) is 12.1 Å². The summed E-state index contributed by atoms with van der Waals surface area (Å²) in [5.41, 5.74) is -0.911. The van der Waals surface area contributed by atoms with Crippen molar-refractivity contribution in [3.63, 3.8) is 0 Å². The third-order valence-corrected chi connectivity index (χ3v) is 2.21. The lowest BCUT2D eigenvalue weighted by molar-refractivity contribution is -0.139.